The van der Waals surface area contributed by atoms with Crippen molar-refractivity contribution in [2.75, 3.05) is 0 Å². The van der Waals surface area contributed by atoms with E-state index in [9.17, 15) is 9.90 Å². The van der Waals surface area contributed by atoms with E-state index < -0.39 is 11.4 Å². The second-order valence-electron chi connectivity index (χ2n) is 4.11. The number of carbonyl (C=O) groups is 1. The number of hydrogen-bond donors (Lipinski definition) is 1. The first-order valence-electron chi connectivity index (χ1n) is 5.30. The molecule has 0 saturated heterocycles. The van der Waals surface area contributed by atoms with E-state index in [0.717, 1.165) is 10.6 Å². The third-order valence-corrected chi connectivity index (χ3v) is 3.93. The number of thiophene rings is 1. The molecule has 0 fully saturated rings. The average molecular weight is 247 g/mol. The molecule has 3 nitrogen and oxygen atoms in total. The Morgan fingerprint density at radius 2 is 2.24 bits per heavy atom. The lowest BCUT2D eigenvalue weighted by molar-refractivity contribution is -0.143. The molecule has 0 aromatic carbocycles. The zero-order valence-electron chi connectivity index (χ0n) is 9.46. The van der Waals surface area contributed by atoms with Crippen molar-refractivity contribution in [1.29, 1.82) is 0 Å². The Morgan fingerprint density at radius 1 is 1.41 bits per heavy atom. The van der Waals surface area contributed by atoms with Gasteiger partial charge in [0.2, 0.25) is 0 Å². The summed E-state index contributed by atoms with van der Waals surface area (Å²) in [7, 11) is 0. The van der Waals surface area contributed by atoms with Gasteiger partial charge in [0, 0.05) is 23.2 Å². The van der Waals surface area contributed by atoms with Gasteiger partial charge < -0.3 is 5.11 Å². The molecule has 0 amide bonds. The van der Waals surface area contributed by atoms with Gasteiger partial charge in [0.05, 0.1) is 0 Å². The first kappa shape index (κ1) is 11.8. The molecule has 0 aliphatic rings. The van der Waals surface area contributed by atoms with Crippen LogP contribution in [0.15, 0.2) is 41.9 Å². The molecule has 1 atom stereocenters. The van der Waals surface area contributed by atoms with E-state index in [4.69, 9.17) is 0 Å². The van der Waals surface area contributed by atoms with Crippen LogP contribution in [0.1, 0.15) is 17.5 Å². The van der Waals surface area contributed by atoms with Crippen LogP contribution in [0, 0.1) is 0 Å². The number of carboxylic acid groups (broad SMARTS) is 1. The second kappa shape index (κ2) is 4.67. The summed E-state index contributed by atoms with van der Waals surface area (Å²) in [5.74, 6) is -0.814. The van der Waals surface area contributed by atoms with Gasteiger partial charge in [-0.05, 0) is 30.5 Å². The van der Waals surface area contributed by atoms with Crippen molar-refractivity contribution in [1.82, 2.24) is 4.98 Å². The van der Waals surface area contributed by atoms with E-state index in [1.165, 1.54) is 11.3 Å². The summed E-state index contributed by atoms with van der Waals surface area (Å²) >= 11 is 1.47. The number of nitrogens with zero attached hydrogens (tertiary/aromatic N) is 1. The van der Waals surface area contributed by atoms with Crippen molar-refractivity contribution in [2.24, 2.45) is 0 Å². The van der Waals surface area contributed by atoms with E-state index in [1.54, 1.807) is 13.1 Å². The van der Waals surface area contributed by atoms with Gasteiger partial charge in [-0.3, -0.25) is 9.78 Å². The van der Waals surface area contributed by atoms with Crippen LogP contribution >= 0.6 is 11.3 Å². The highest BCUT2D eigenvalue weighted by Crippen LogP contribution is 2.31. The first-order chi connectivity index (χ1) is 8.13. The molecule has 0 aliphatic carbocycles. The molecule has 88 valence electrons. The predicted octanol–water partition coefficient (Wildman–Crippen LogP) is 2.73. The van der Waals surface area contributed by atoms with Gasteiger partial charge in [0.25, 0.3) is 0 Å². The summed E-state index contributed by atoms with van der Waals surface area (Å²) in [6, 6.07) is 9.29. The Morgan fingerprint density at radius 3 is 2.76 bits per heavy atom. The summed E-state index contributed by atoms with van der Waals surface area (Å²) in [5, 5.41) is 11.3. The predicted molar refractivity (Wildman–Crippen MR) is 67.2 cm³/mol. The molecule has 17 heavy (non-hydrogen) atoms. The molecule has 2 aromatic rings. The molecule has 4 heteroatoms. The van der Waals surface area contributed by atoms with Gasteiger partial charge >= 0.3 is 5.97 Å². The average Bonchev–Trinajstić information content (AvgIpc) is 2.84. The summed E-state index contributed by atoms with van der Waals surface area (Å²) in [4.78, 5) is 16.6. The lowest BCUT2D eigenvalue weighted by Crippen LogP contribution is -2.34. The minimum atomic E-state index is -0.900. The largest absolute Gasteiger partial charge is 0.481 e. The molecular formula is C13H13NO2S. The maximum Gasteiger partial charge on any atom is 0.315 e. The maximum atomic E-state index is 11.5. The second-order valence-corrected chi connectivity index (χ2v) is 5.06. The molecule has 2 heterocycles. The lowest BCUT2D eigenvalue weighted by Gasteiger charge is -2.22. The molecule has 0 aliphatic heterocycles. The fraction of sp³-hybridized carbons (Fsp3) is 0.231. The van der Waals surface area contributed by atoms with Crippen molar-refractivity contribution >= 4 is 17.3 Å². The minimum Gasteiger partial charge on any atom is -0.481 e. The van der Waals surface area contributed by atoms with Crippen molar-refractivity contribution in [3.05, 3.63) is 52.5 Å². The van der Waals surface area contributed by atoms with E-state index in [0.29, 0.717) is 6.42 Å². The topological polar surface area (TPSA) is 50.2 Å². The van der Waals surface area contributed by atoms with Crippen LogP contribution in [0.5, 0.6) is 0 Å². The summed E-state index contributed by atoms with van der Waals surface area (Å²) in [6.45, 7) is 1.75. The smallest absolute Gasteiger partial charge is 0.315 e. The van der Waals surface area contributed by atoms with Crippen molar-refractivity contribution in [3.63, 3.8) is 0 Å². The lowest BCUT2D eigenvalue weighted by atomic mass is 9.84. The number of rotatable bonds is 4. The number of pyridine rings is 1. The van der Waals surface area contributed by atoms with Gasteiger partial charge in [-0.2, -0.15) is 0 Å². The highest BCUT2D eigenvalue weighted by Gasteiger charge is 2.36. The normalized spacial score (nSPS) is 14.2. The van der Waals surface area contributed by atoms with Gasteiger partial charge in [-0.25, -0.2) is 0 Å². The Balaban J connectivity index is 2.34. The zero-order chi connectivity index (χ0) is 12.3. The van der Waals surface area contributed by atoms with E-state index in [-0.39, 0.29) is 0 Å². The van der Waals surface area contributed by atoms with Gasteiger partial charge in [-0.1, -0.05) is 12.1 Å². The molecular weight excluding hydrogens is 234 g/mol. The van der Waals surface area contributed by atoms with E-state index in [1.807, 2.05) is 35.7 Å². The third kappa shape index (κ3) is 2.36. The fourth-order valence-corrected chi connectivity index (χ4v) is 2.61. The highest BCUT2D eigenvalue weighted by molar-refractivity contribution is 7.10. The van der Waals surface area contributed by atoms with Crippen LogP contribution < -0.4 is 0 Å². The molecule has 0 spiro atoms. The van der Waals surface area contributed by atoms with E-state index in [2.05, 4.69) is 4.98 Å². The minimum absolute atomic E-state index is 0.406. The molecule has 0 radical (unpaired) electrons. The maximum absolute atomic E-state index is 11.5. The molecule has 1 N–H and O–H groups in total. The van der Waals surface area contributed by atoms with Crippen molar-refractivity contribution < 1.29 is 9.90 Å². The van der Waals surface area contributed by atoms with Crippen LogP contribution in [0.25, 0.3) is 0 Å². The van der Waals surface area contributed by atoms with Crippen LogP contribution in [-0.2, 0) is 16.6 Å². The number of aromatic nitrogens is 1. The fourth-order valence-electron chi connectivity index (χ4n) is 1.73. The Kier molecular flexibility index (Phi) is 3.24. The van der Waals surface area contributed by atoms with Gasteiger partial charge in [-0.15, -0.1) is 11.3 Å². The van der Waals surface area contributed by atoms with Crippen molar-refractivity contribution in [3.8, 4) is 0 Å². The molecule has 2 rings (SSSR count). The van der Waals surface area contributed by atoms with Gasteiger partial charge in [0.15, 0.2) is 0 Å². The van der Waals surface area contributed by atoms with Crippen LogP contribution in [0.4, 0.5) is 0 Å². The van der Waals surface area contributed by atoms with E-state index >= 15 is 0 Å². The number of carboxylic acids is 1. The molecule has 1 unspecified atom stereocenters. The Hall–Kier alpha value is -1.68. The Bertz CT molecular complexity index is 495. The van der Waals surface area contributed by atoms with Crippen molar-refractivity contribution in [2.45, 2.75) is 18.8 Å². The third-order valence-electron chi connectivity index (χ3n) is 2.80. The van der Waals surface area contributed by atoms with Crippen LogP contribution in [-0.4, -0.2) is 16.1 Å². The SMILES string of the molecule is CC(Cc1ccccn1)(C(=O)O)c1cccs1. The molecule has 0 bridgehead atoms. The van der Waals surface area contributed by atoms with Gasteiger partial charge in [0.1, 0.15) is 5.41 Å². The number of hydrogen-bond acceptors (Lipinski definition) is 3. The highest BCUT2D eigenvalue weighted by atomic mass is 32.1. The Labute approximate surface area is 104 Å². The van der Waals surface area contributed by atoms with Crippen LogP contribution in [0.3, 0.4) is 0 Å². The van der Waals surface area contributed by atoms with Crippen LogP contribution in [0.2, 0.25) is 0 Å². The molecule has 0 saturated carbocycles. The summed E-state index contributed by atoms with van der Waals surface area (Å²) in [5.41, 5.74) is -0.103. The summed E-state index contributed by atoms with van der Waals surface area (Å²) in [6.07, 6.45) is 2.09. The quantitative estimate of drug-likeness (QED) is 0.903. The monoisotopic (exact) mass is 247 g/mol. The number of aliphatic carboxylic acids is 1. The molecule has 2 aromatic heterocycles. The first-order valence-corrected chi connectivity index (χ1v) is 6.18. The standard InChI is InChI=1S/C13H13NO2S/c1-13(12(15)16,11-6-4-8-17-11)9-10-5-2-3-7-14-10/h2-8H,9H2,1H3,(H,15,16). The zero-order valence-corrected chi connectivity index (χ0v) is 10.3. The summed E-state index contributed by atoms with van der Waals surface area (Å²) < 4.78 is 0.